The lowest BCUT2D eigenvalue weighted by Crippen LogP contribution is -2.48. The molecule has 5 nitrogen and oxygen atoms in total. The molecule has 1 fully saturated rings. The average molecular weight is 527 g/mol. The Morgan fingerprint density at radius 3 is 2.78 bits per heavy atom. The van der Waals surface area contributed by atoms with Crippen LogP contribution in [-0.2, 0) is 11.2 Å². The number of rotatable bonds is 8. The second-order valence-corrected chi connectivity index (χ2v) is 10.9. The summed E-state index contributed by atoms with van der Waals surface area (Å²) in [6.07, 6.45) is 2.86. The zero-order valence-corrected chi connectivity index (χ0v) is 21.7. The molecule has 36 heavy (non-hydrogen) atoms. The number of carbonyl (C=O) groups excluding carboxylic acids is 2. The zero-order chi connectivity index (χ0) is 25.2. The van der Waals surface area contributed by atoms with Crippen LogP contribution in [0.4, 0.5) is 4.39 Å². The van der Waals surface area contributed by atoms with E-state index in [1.54, 1.807) is 28.4 Å². The normalized spacial score (nSPS) is 17.0. The standard InChI is InChI=1S/C28H28ClFN2O3S/c1-18-13-22(7-8-24(18)29)35-17-25-23-10-12-36-26(23)9-11-32(25)27(33)16-31(15-19-5-6-19)28(34)20-3-2-4-21(30)14-20/h2-4,7-8,10,12-14,19,25H,5-6,9,11,15-17H2,1H3. The highest BCUT2D eigenvalue weighted by Crippen LogP contribution is 2.35. The number of amides is 2. The maximum atomic E-state index is 13.8. The number of thiophene rings is 1. The van der Waals surface area contributed by atoms with E-state index in [4.69, 9.17) is 16.3 Å². The number of halogens is 2. The van der Waals surface area contributed by atoms with Crippen molar-refractivity contribution in [1.29, 1.82) is 0 Å². The molecule has 0 radical (unpaired) electrons. The Balaban J connectivity index is 1.34. The number of nitrogens with zero attached hydrogens (tertiary/aromatic N) is 2. The Hall–Kier alpha value is -2.90. The Kier molecular flexibility index (Phi) is 7.30. The van der Waals surface area contributed by atoms with E-state index in [9.17, 15) is 14.0 Å². The summed E-state index contributed by atoms with van der Waals surface area (Å²) in [5.74, 6) is 0.190. The smallest absolute Gasteiger partial charge is 0.254 e. The summed E-state index contributed by atoms with van der Waals surface area (Å²) >= 11 is 7.85. The lowest BCUT2D eigenvalue weighted by molar-refractivity contribution is -0.135. The third-order valence-electron chi connectivity index (χ3n) is 6.81. The first-order valence-electron chi connectivity index (χ1n) is 12.2. The zero-order valence-electron chi connectivity index (χ0n) is 20.1. The van der Waals surface area contributed by atoms with Crippen LogP contribution in [0.2, 0.25) is 5.02 Å². The second-order valence-electron chi connectivity index (χ2n) is 9.51. The van der Waals surface area contributed by atoms with E-state index in [0.29, 0.717) is 36.4 Å². The lowest BCUT2D eigenvalue weighted by atomic mass is 10.00. The predicted molar refractivity (Wildman–Crippen MR) is 139 cm³/mol. The van der Waals surface area contributed by atoms with Gasteiger partial charge in [-0.1, -0.05) is 17.7 Å². The molecule has 1 saturated carbocycles. The largest absolute Gasteiger partial charge is 0.491 e. The summed E-state index contributed by atoms with van der Waals surface area (Å²) in [7, 11) is 0. The summed E-state index contributed by atoms with van der Waals surface area (Å²) in [5.41, 5.74) is 2.28. The third-order valence-corrected chi connectivity index (χ3v) is 8.23. The average Bonchev–Trinajstić information content (AvgIpc) is 3.55. The van der Waals surface area contributed by atoms with Crippen LogP contribution < -0.4 is 4.74 Å². The van der Waals surface area contributed by atoms with Crippen LogP contribution in [0.25, 0.3) is 0 Å². The van der Waals surface area contributed by atoms with Crippen molar-refractivity contribution in [3.8, 4) is 5.75 Å². The van der Waals surface area contributed by atoms with Gasteiger partial charge in [0.05, 0.1) is 6.04 Å². The molecule has 1 unspecified atom stereocenters. The van der Waals surface area contributed by atoms with Gasteiger partial charge in [0.25, 0.3) is 5.91 Å². The van der Waals surface area contributed by atoms with Crippen molar-refractivity contribution in [3.05, 3.63) is 86.3 Å². The van der Waals surface area contributed by atoms with Crippen LogP contribution in [-0.4, -0.2) is 47.9 Å². The lowest BCUT2D eigenvalue weighted by Gasteiger charge is -2.37. The van der Waals surface area contributed by atoms with Crippen LogP contribution >= 0.6 is 22.9 Å². The number of carbonyl (C=O) groups is 2. The first-order chi connectivity index (χ1) is 17.4. The van der Waals surface area contributed by atoms with Crippen molar-refractivity contribution >= 4 is 34.8 Å². The molecule has 1 atom stereocenters. The van der Waals surface area contributed by atoms with Gasteiger partial charge in [0.1, 0.15) is 24.7 Å². The molecule has 1 aromatic heterocycles. The number of benzene rings is 2. The van der Waals surface area contributed by atoms with Gasteiger partial charge in [-0.15, -0.1) is 11.3 Å². The molecule has 1 aliphatic heterocycles. The predicted octanol–water partition coefficient (Wildman–Crippen LogP) is 5.91. The van der Waals surface area contributed by atoms with E-state index in [1.807, 2.05) is 29.3 Å². The topological polar surface area (TPSA) is 49.9 Å². The van der Waals surface area contributed by atoms with E-state index >= 15 is 0 Å². The Morgan fingerprint density at radius 2 is 2.03 bits per heavy atom. The van der Waals surface area contributed by atoms with Crippen LogP contribution in [0, 0.1) is 18.7 Å². The van der Waals surface area contributed by atoms with E-state index in [2.05, 4.69) is 6.07 Å². The minimum Gasteiger partial charge on any atom is -0.491 e. The summed E-state index contributed by atoms with van der Waals surface area (Å²) in [4.78, 5) is 31.6. The third kappa shape index (κ3) is 5.57. The fourth-order valence-electron chi connectivity index (χ4n) is 4.65. The second kappa shape index (κ2) is 10.6. The molecule has 2 aliphatic rings. The molecule has 0 saturated heterocycles. The van der Waals surface area contributed by atoms with E-state index in [1.165, 1.54) is 23.1 Å². The molecule has 1 aliphatic carbocycles. The molecule has 8 heteroatoms. The molecule has 0 N–H and O–H groups in total. The maximum absolute atomic E-state index is 13.8. The molecular weight excluding hydrogens is 499 g/mol. The van der Waals surface area contributed by atoms with Gasteiger partial charge in [-0.05, 0) is 91.1 Å². The monoisotopic (exact) mass is 526 g/mol. The van der Waals surface area contributed by atoms with Gasteiger partial charge in [-0.25, -0.2) is 4.39 Å². The maximum Gasteiger partial charge on any atom is 0.254 e. The molecule has 2 amide bonds. The SMILES string of the molecule is Cc1cc(OCC2c3ccsc3CCN2C(=O)CN(CC2CC2)C(=O)c2cccc(F)c2)ccc1Cl. The Bertz CT molecular complexity index is 1280. The highest BCUT2D eigenvalue weighted by Gasteiger charge is 2.35. The summed E-state index contributed by atoms with van der Waals surface area (Å²) < 4.78 is 19.9. The molecular formula is C28H28ClFN2O3S. The highest BCUT2D eigenvalue weighted by atomic mass is 35.5. The van der Waals surface area contributed by atoms with Crippen molar-refractivity contribution < 1.29 is 18.7 Å². The van der Waals surface area contributed by atoms with E-state index < -0.39 is 5.82 Å². The number of fused-ring (bicyclic) bond motifs is 1. The molecule has 2 aromatic carbocycles. The first-order valence-corrected chi connectivity index (χ1v) is 13.4. The number of hydrogen-bond donors (Lipinski definition) is 0. The fraction of sp³-hybridized carbons (Fsp3) is 0.357. The first kappa shape index (κ1) is 24.8. The number of hydrogen-bond acceptors (Lipinski definition) is 4. The van der Waals surface area contributed by atoms with Crippen molar-refractivity contribution in [2.75, 3.05) is 26.2 Å². The van der Waals surface area contributed by atoms with Crippen LogP contribution in [0.1, 0.15) is 45.2 Å². The highest BCUT2D eigenvalue weighted by molar-refractivity contribution is 7.10. The minimum atomic E-state index is -0.464. The van der Waals surface area contributed by atoms with Crippen molar-refractivity contribution in [2.45, 2.75) is 32.2 Å². The van der Waals surface area contributed by atoms with Gasteiger partial charge in [-0.3, -0.25) is 9.59 Å². The van der Waals surface area contributed by atoms with E-state index in [0.717, 1.165) is 30.4 Å². The summed E-state index contributed by atoms with van der Waals surface area (Å²) in [5, 5.41) is 2.72. The molecule has 0 spiro atoms. The molecule has 2 heterocycles. The number of aryl methyl sites for hydroxylation is 1. The summed E-state index contributed by atoms with van der Waals surface area (Å²) in [6, 6.07) is 13.0. The quantitative estimate of drug-likeness (QED) is 0.367. The van der Waals surface area contributed by atoms with Crippen molar-refractivity contribution in [2.24, 2.45) is 5.92 Å². The molecule has 188 valence electrons. The molecule has 3 aromatic rings. The summed E-state index contributed by atoms with van der Waals surface area (Å²) in [6.45, 7) is 3.25. The Morgan fingerprint density at radius 1 is 1.19 bits per heavy atom. The minimum absolute atomic E-state index is 0.0398. The van der Waals surface area contributed by atoms with Crippen LogP contribution in [0.15, 0.2) is 53.9 Å². The van der Waals surface area contributed by atoms with Gasteiger partial charge in [0.15, 0.2) is 0 Å². The van der Waals surface area contributed by atoms with Crippen molar-refractivity contribution in [3.63, 3.8) is 0 Å². The van der Waals surface area contributed by atoms with Crippen LogP contribution in [0.3, 0.4) is 0 Å². The van der Waals surface area contributed by atoms with Crippen molar-refractivity contribution in [1.82, 2.24) is 9.80 Å². The van der Waals surface area contributed by atoms with Gasteiger partial charge < -0.3 is 14.5 Å². The van der Waals surface area contributed by atoms with Gasteiger partial charge in [0, 0.05) is 28.6 Å². The molecule has 5 rings (SSSR count). The van der Waals surface area contributed by atoms with Gasteiger partial charge >= 0.3 is 0 Å². The number of ether oxygens (including phenoxy) is 1. The Labute approximate surface area is 219 Å². The van der Waals surface area contributed by atoms with Gasteiger partial charge in [0.2, 0.25) is 5.91 Å². The van der Waals surface area contributed by atoms with E-state index in [-0.39, 0.29) is 30.0 Å². The fourth-order valence-corrected chi connectivity index (χ4v) is 5.69. The van der Waals surface area contributed by atoms with Gasteiger partial charge in [-0.2, -0.15) is 0 Å². The van der Waals surface area contributed by atoms with Crippen LogP contribution in [0.5, 0.6) is 5.75 Å². The molecule has 0 bridgehead atoms.